The molecule has 0 atom stereocenters. The first-order valence-corrected chi connectivity index (χ1v) is 19.1. The first-order chi connectivity index (χ1) is 31.9. The van der Waals surface area contributed by atoms with Crippen LogP contribution in [0, 0.1) is 12.9 Å². The molecule has 0 amide bonds. The molecule has 4 nitrogen and oxygen atoms in total. The fourth-order valence-corrected chi connectivity index (χ4v) is 7.14. The Bertz CT molecular complexity index is 3290. The van der Waals surface area contributed by atoms with Crippen LogP contribution in [0.1, 0.15) is 97.6 Å². The smallest absolute Gasteiger partial charge is 0.148 e. The summed E-state index contributed by atoms with van der Waals surface area (Å²) >= 11 is 0. The molecular formula is C53H50N3OPt-. The molecule has 8 aromatic rings. The van der Waals surface area contributed by atoms with Gasteiger partial charge in [-0.3, -0.25) is 9.55 Å². The Morgan fingerprint density at radius 2 is 1.50 bits per heavy atom. The second-order valence-electron chi connectivity index (χ2n) is 16.0. The third-order valence-electron chi connectivity index (χ3n) is 10.3. The van der Waals surface area contributed by atoms with Crippen LogP contribution >= 0.6 is 0 Å². The molecule has 0 saturated heterocycles. The van der Waals surface area contributed by atoms with E-state index < -0.39 is 60.7 Å². The summed E-state index contributed by atoms with van der Waals surface area (Å²) in [6.07, 6.45) is -0.557. The predicted molar refractivity (Wildman–Crippen MR) is 238 cm³/mol. The SMILES string of the molecule is [2H]c1nc(-c2[c-]c(-c3cccc4c3nc(-c3cc(C(C)C)cc(C(C)C)c3O)n4-c3ccc(-c4ccccc4)c(C([2H])([2H])[2H])c3)cc(C(C)(C)C)c2)c([2H])c(-c2c([2H])c([2H])c([2H])c([2H])c2[2H])c1[2H].[Pt]. The topological polar surface area (TPSA) is 50.9 Å². The average Bonchev–Trinajstić information content (AvgIpc) is 3.69. The van der Waals surface area contributed by atoms with Gasteiger partial charge in [-0.15, -0.1) is 29.3 Å². The van der Waals surface area contributed by atoms with Crippen molar-refractivity contribution in [3.8, 4) is 67.5 Å². The third-order valence-corrected chi connectivity index (χ3v) is 10.3. The van der Waals surface area contributed by atoms with Gasteiger partial charge in [0.1, 0.15) is 11.6 Å². The second kappa shape index (κ2) is 16.4. The molecule has 0 aliphatic heterocycles. The number of imidazole rings is 1. The maximum atomic E-state index is 12.2. The first kappa shape index (κ1) is 28.8. The normalized spacial score (nSPS) is 14.6. The van der Waals surface area contributed by atoms with Crippen LogP contribution < -0.4 is 0 Å². The van der Waals surface area contributed by atoms with Gasteiger partial charge in [-0.2, -0.15) is 0 Å². The standard InChI is InChI=1S/C53H50N3O.Pt/c1-33(2)39-30-46(34(3)4)51(57)47(31-39)52-55-50-45(20-15-21-49(50)56(52)43-22-23-44(35(5)26-43)37-18-13-10-14-19-37)40-27-41(29-42(28-40)53(6,7)8)48-32-38(24-25-54-48)36-16-11-9-12-17-36;/h9-26,28-34,57H,1-8H3;/q-1;/i5D3,9D,11D,12D,16D,17D,24D,25D,32D;. The van der Waals surface area contributed by atoms with Crippen LogP contribution in [0.25, 0.3) is 72.7 Å². The van der Waals surface area contributed by atoms with Gasteiger partial charge in [0.25, 0.3) is 0 Å². The van der Waals surface area contributed by atoms with Crippen molar-refractivity contribution >= 4 is 11.0 Å². The number of aromatic nitrogens is 3. The number of hydrogen-bond acceptors (Lipinski definition) is 3. The zero-order valence-electron chi connectivity index (χ0n) is 44.4. The van der Waals surface area contributed by atoms with Gasteiger partial charge < -0.3 is 5.11 Å². The molecule has 1 N–H and O–H groups in total. The van der Waals surface area contributed by atoms with E-state index in [1.54, 1.807) is 18.2 Å². The van der Waals surface area contributed by atoms with Crippen LogP contribution in [0.3, 0.4) is 0 Å². The summed E-state index contributed by atoms with van der Waals surface area (Å²) in [4.78, 5) is 9.74. The van der Waals surface area contributed by atoms with Gasteiger partial charge in [-0.05, 0) is 93.4 Å². The van der Waals surface area contributed by atoms with Crippen molar-refractivity contribution in [3.63, 3.8) is 0 Å². The van der Waals surface area contributed by atoms with Crippen molar-refractivity contribution in [2.75, 3.05) is 0 Å². The van der Waals surface area contributed by atoms with Crippen molar-refractivity contribution in [1.29, 1.82) is 0 Å². The van der Waals surface area contributed by atoms with Crippen molar-refractivity contribution in [2.45, 2.75) is 72.6 Å². The fourth-order valence-electron chi connectivity index (χ4n) is 7.14. The summed E-state index contributed by atoms with van der Waals surface area (Å²) in [5.74, 6) is 0.460. The van der Waals surface area contributed by atoms with E-state index in [2.05, 4.69) is 24.9 Å². The van der Waals surface area contributed by atoms with Crippen LogP contribution in [0.15, 0.2) is 139 Å². The number of benzene rings is 6. The number of phenols is 1. The average molecular weight is 951 g/mol. The van der Waals surface area contributed by atoms with Crippen LogP contribution in [0.4, 0.5) is 0 Å². The van der Waals surface area contributed by atoms with Gasteiger partial charge >= 0.3 is 0 Å². The predicted octanol–water partition coefficient (Wildman–Crippen LogP) is 14.1. The van der Waals surface area contributed by atoms with Crippen LogP contribution in [0.2, 0.25) is 0 Å². The minimum atomic E-state index is -2.50. The maximum absolute atomic E-state index is 12.2. The molecule has 0 unspecified atom stereocenters. The Labute approximate surface area is 373 Å². The van der Waals surface area contributed by atoms with Gasteiger partial charge in [0.05, 0.1) is 27.6 Å². The Kier molecular flexibility index (Phi) is 8.11. The van der Waals surface area contributed by atoms with Gasteiger partial charge in [-0.25, -0.2) is 4.98 Å². The number of nitrogens with zero attached hydrogens (tertiary/aromatic N) is 3. The molecular weight excluding hydrogens is 890 g/mol. The summed E-state index contributed by atoms with van der Waals surface area (Å²) in [6, 6.07) is 27.3. The van der Waals surface area contributed by atoms with Gasteiger partial charge in [-0.1, -0.05) is 150 Å². The van der Waals surface area contributed by atoms with E-state index in [1.165, 1.54) is 0 Å². The van der Waals surface area contributed by atoms with Gasteiger partial charge in [0, 0.05) is 42.7 Å². The summed E-state index contributed by atoms with van der Waals surface area (Å²) in [7, 11) is 0. The Morgan fingerprint density at radius 3 is 2.21 bits per heavy atom. The second-order valence-corrected chi connectivity index (χ2v) is 16.0. The van der Waals surface area contributed by atoms with E-state index in [4.69, 9.17) is 18.7 Å². The summed E-state index contributed by atoms with van der Waals surface area (Å²) in [5.41, 5.74) is 6.08. The molecule has 0 spiro atoms. The molecule has 0 radical (unpaired) electrons. The zero-order valence-corrected chi connectivity index (χ0v) is 35.7. The number of para-hydroxylation sites is 1. The van der Waals surface area contributed by atoms with Crippen LogP contribution in [-0.4, -0.2) is 19.6 Å². The van der Waals surface area contributed by atoms with Crippen LogP contribution in [0.5, 0.6) is 5.75 Å². The van der Waals surface area contributed by atoms with E-state index in [0.29, 0.717) is 44.8 Å². The van der Waals surface area contributed by atoms with Gasteiger partial charge in [0.15, 0.2) is 0 Å². The molecule has 0 aliphatic carbocycles. The first-order valence-electron chi connectivity index (χ1n) is 24.6. The number of aryl methyl sites for hydroxylation is 1. The summed E-state index contributed by atoms with van der Waals surface area (Å²) < 4.78 is 97.1. The van der Waals surface area contributed by atoms with Crippen molar-refractivity contribution in [3.05, 3.63) is 168 Å². The van der Waals surface area contributed by atoms with Crippen molar-refractivity contribution < 1.29 is 41.3 Å². The Morgan fingerprint density at radius 1 is 0.741 bits per heavy atom. The molecule has 294 valence electrons. The molecule has 5 heteroatoms. The van der Waals surface area contributed by atoms with E-state index >= 15 is 0 Å². The largest absolute Gasteiger partial charge is 0.507 e. The Balaban J connectivity index is 0.00000703. The van der Waals surface area contributed by atoms with E-state index in [9.17, 15) is 6.48 Å². The van der Waals surface area contributed by atoms with Crippen molar-refractivity contribution in [1.82, 2.24) is 14.5 Å². The molecule has 2 aromatic heterocycles. The molecule has 0 bridgehead atoms. The number of phenolic OH excluding ortho intramolecular Hbond substituents is 1. The van der Waals surface area contributed by atoms with Gasteiger partial charge in [0.2, 0.25) is 0 Å². The fraction of sp³-hybridized carbons (Fsp3) is 0.208. The molecule has 58 heavy (non-hydrogen) atoms. The molecule has 6 aromatic carbocycles. The number of hydrogen-bond donors (Lipinski definition) is 1. The monoisotopic (exact) mass is 950 g/mol. The zero-order chi connectivity index (χ0) is 49.5. The molecule has 0 aliphatic rings. The number of aromatic hydroxyl groups is 1. The number of pyridine rings is 1. The van der Waals surface area contributed by atoms with Crippen molar-refractivity contribution in [2.24, 2.45) is 0 Å². The van der Waals surface area contributed by atoms with Crippen LogP contribution in [-0.2, 0) is 26.5 Å². The number of rotatable bonds is 8. The summed E-state index contributed by atoms with van der Waals surface area (Å²) in [5, 5.41) is 12.2. The maximum Gasteiger partial charge on any atom is 0.148 e. The minimum absolute atomic E-state index is 0. The third kappa shape index (κ3) is 7.83. The number of fused-ring (bicyclic) bond motifs is 1. The van der Waals surface area contributed by atoms with E-state index in [0.717, 1.165) is 22.3 Å². The van der Waals surface area contributed by atoms with E-state index in [-0.39, 0.29) is 66.6 Å². The molecule has 0 saturated carbocycles. The minimum Gasteiger partial charge on any atom is -0.507 e. The molecule has 0 fully saturated rings. The molecule has 2 heterocycles. The summed E-state index contributed by atoms with van der Waals surface area (Å²) in [6.45, 7) is 11.7. The van der Waals surface area contributed by atoms with E-state index in [1.807, 2.05) is 112 Å². The Hall–Kier alpha value is -5.57. The molecule has 8 rings (SSSR count). The quantitative estimate of drug-likeness (QED) is 0.154.